The van der Waals surface area contributed by atoms with Crippen LogP contribution in [-0.2, 0) is 4.74 Å². The predicted octanol–water partition coefficient (Wildman–Crippen LogP) is 5.72. The molecular weight excluding hydrogens is 272 g/mol. The second kappa shape index (κ2) is 9.68. The number of ether oxygens (including phenoxy) is 2. The van der Waals surface area contributed by atoms with Gasteiger partial charge < -0.3 is 9.47 Å². The molecule has 1 atom stereocenters. The highest BCUT2D eigenvalue weighted by Crippen LogP contribution is 2.24. The number of hydrogen-bond donors (Lipinski definition) is 0. The molecule has 1 rings (SSSR count). The highest BCUT2D eigenvalue weighted by atomic mass is 16.5. The Morgan fingerprint density at radius 2 is 1.86 bits per heavy atom. The molecule has 0 aliphatic rings. The largest absolute Gasteiger partial charge is 0.497 e. The Morgan fingerprint density at radius 3 is 2.41 bits per heavy atom. The van der Waals surface area contributed by atoms with Crippen molar-refractivity contribution >= 4 is 6.08 Å². The van der Waals surface area contributed by atoms with E-state index in [9.17, 15) is 0 Å². The molecule has 0 radical (unpaired) electrons. The third kappa shape index (κ3) is 7.13. The molecule has 1 aromatic carbocycles. The van der Waals surface area contributed by atoms with Crippen molar-refractivity contribution in [1.29, 1.82) is 0 Å². The van der Waals surface area contributed by atoms with Crippen LogP contribution in [0.4, 0.5) is 0 Å². The maximum atomic E-state index is 6.12. The standard InChI is InChI=1S/C20H32O2/c1-6-20(4,15-7-9-17(2)3)22-16-8-10-18-11-13-19(21-5)14-12-18/h8,10-14,17H,6-7,9,15-16H2,1-5H3. The number of hydrogen-bond acceptors (Lipinski definition) is 2. The molecule has 0 N–H and O–H groups in total. The summed E-state index contributed by atoms with van der Waals surface area (Å²) in [4.78, 5) is 0. The summed E-state index contributed by atoms with van der Waals surface area (Å²) in [6.45, 7) is 9.67. The molecule has 2 heteroatoms. The zero-order valence-corrected chi connectivity index (χ0v) is 14.9. The number of rotatable bonds is 10. The second-order valence-corrected chi connectivity index (χ2v) is 6.58. The molecule has 1 aromatic rings. The summed E-state index contributed by atoms with van der Waals surface area (Å²) in [6.07, 6.45) is 8.91. The second-order valence-electron chi connectivity index (χ2n) is 6.58. The van der Waals surface area contributed by atoms with Crippen molar-refractivity contribution in [3.8, 4) is 5.75 Å². The summed E-state index contributed by atoms with van der Waals surface area (Å²) in [6, 6.07) is 8.05. The maximum absolute atomic E-state index is 6.12. The van der Waals surface area contributed by atoms with E-state index in [1.807, 2.05) is 12.1 Å². The van der Waals surface area contributed by atoms with Crippen LogP contribution in [0.2, 0.25) is 0 Å². The fraction of sp³-hybridized carbons (Fsp3) is 0.600. The maximum Gasteiger partial charge on any atom is 0.118 e. The van der Waals surface area contributed by atoms with Gasteiger partial charge in [0.05, 0.1) is 19.3 Å². The lowest BCUT2D eigenvalue weighted by Gasteiger charge is -2.28. The molecule has 0 heterocycles. The van der Waals surface area contributed by atoms with E-state index in [4.69, 9.17) is 9.47 Å². The third-order valence-corrected chi connectivity index (χ3v) is 4.19. The van der Waals surface area contributed by atoms with E-state index in [2.05, 4.69) is 52.0 Å². The zero-order valence-electron chi connectivity index (χ0n) is 14.9. The quantitative estimate of drug-likeness (QED) is 0.550. The van der Waals surface area contributed by atoms with Gasteiger partial charge in [0, 0.05) is 0 Å². The molecule has 0 saturated carbocycles. The summed E-state index contributed by atoms with van der Waals surface area (Å²) < 4.78 is 11.3. The third-order valence-electron chi connectivity index (χ3n) is 4.19. The van der Waals surface area contributed by atoms with Gasteiger partial charge in [0.2, 0.25) is 0 Å². The van der Waals surface area contributed by atoms with Gasteiger partial charge in [0.1, 0.15) is 5.75 Å². The fourth-order valence-corrected chi connectivity index (χ4v) is 2.38. The molecule has 0 amide bonds. The summed E-state index contributed by atoms with van der Waals surface area (Å²) in [5, 5.41) is 0. The van der Waals surface area contributed by atoms with Crippen molar-refractivity contribution in [2.75, 3.05) is 13.7 Å². The van der Waals surface area contributed by atoms with Crippen LogP contribution in [0.25, 0.3) is 6.08 Å². The minimum Gasteiger partial charge on any atom is -0.497 e. The summed E-state index contributed by atoms with van der Waals surface area (Å²) in [5.74, 6) is 1.66. The minimum atomic E-state index is -0.000855. The number of methoxy groups -OCH3 is 1. The summed E-state index contributed by atoms with van der Waals surface area (Å²) >= 11 is 0. The van der Waals surface area contributed by atoms with Gasteiger partial charge in [-0.1, -0.05) is 57.9 Å². The SMILES string of the molecule is CCC(C)(CCCC(C)C)OCC=Cc1ccc(OC)cc1. The van der Waals surface area contributed by atoms with Crippen LogP contribution in [0.5, 0.6) is 5.75 Å². The topological polar surface area (TPSA) is 18.5 Å². The zero-order chi connectivity index (χ0) is 16.4. The first kappa shape index (κ1) is 18.8. The molecule has 22 heavy (non-hydrogen) atoms. The lowest BCUT2D eigenvalue weighted by atomic mass is 9.93. The molecular formula is C20H32O2. The van der Waals surface area contributed by atoms with E-state index >= 15 is 0 Å². The van der Waals surface area contributed by atoms with Crippen molar-refractivity contribution in [1.82, 2.24) is 0 Å². The van der Waals surface area contributed by atoms with Crippen molar-refractivity contribution in [2.24, 2.45) is 5.92 Å². The van der Waals surface area contributed by atoms with Crippen LogP contribution in [0, 0.1) is 5.92 Å². The van der Waals surface area contributed by atoms with Gasteiger partial charge in [0.15, 0.2) is 0 Å². The normalized spacial score (nSPS) is 14.5. The van der Waals surface area contributed by atoms with Gasteiger partial charge in [0.25, 0.3) is 0 Å². The van der Waals surface area contributed by atoms with Crippen molar-refractivity contribution in [2.45, 2.75) is 59.0 Å². The van der Waals surface area contributed by atoms with E-state index in [1.54, 1.807) is 7.11 Å². The Bertz CT molecular complexity index is 434. The van der Waals surface area contributed by atoms with Crippen LogP contribution in [0.3, 0.4) is 0 Å². The highest BCUT2D eigenvalue weighted by Gasteiger charge is 2.21. The Morgan fingerprint density at radius 1 is 1.18 bits per heavy atom. The first-order chi connectivity index (χ1) is 10.5. The van der Waals surface area contributed by atoms with Gasteiger partial charge >= 0.3 is 0 Å². The average Bonchev–Trinajstić information content (AvgIpc) is 2.52. The Kier molecular flexibility index (Phi) is 8.26. The lowest BCUT2D eigenvalue weighted by molar-refractivity contribution is -0.0273. The van der Waals surface area contributed by atoms with Crippen molar-refractivity contribution in [3.63, 3.8) is 0 Å². The van der Waals surface area contributed by atoms with E-state index in [0.29, 0.717) is 6.61 Å². The Balaban J connectivity index is 2.39. The van der Waals surface area contributed by atoms with Gasteiger partial charge in [-0.25, -0.2) is 0 Å². The minimum absolute atomic E-state index is 0.000855. The van der Waals surface area contributed by atoms with E-state index in [0.717, 1.165) is 24.5 Å². The van der Waals surface area contributed by atoms with Gasteiger partial charge in [-0.2, -0.15) is 0 Å². The monoisotopic (exact) mass is 304 g/mol. The lowest BCUT2D eigenvalue weighted by Crippen LogP contribution is -2.28. The molecule has 0 bridgehead atoms. The molecule has 1 unspecified atom stereocenters. The van der Waals surface area contributed by atoms with Gasteiger partial charge in [-0.05, 0) is 43.4 Å². The molecule has 0 spiro atoms. The smallest absolute Gasteiger partial charge is 0.118 e. The molecule has 0 aliphatic carbocycles. The number of benzene rings is 1. The van der Waals surface area contributed by atoms with Crippen LogP contribution in [0.1, 0.15) is 58.9 Å². The first-order valence-corrected chi connectivity index (χ1v) is 8.43. The van der Waals surface area contributed by atoms with E-state index in [-0.39, 0.29) is 5.60 Å². The predicted molar refractivity (Wildman–Crippen MR) is 95.4 cm³/mol. The fourth-order valence-electron chi connectivity index (χ4n) is 2.38. The van der Waals surface area contributed by atoms with E-state index < -0.39 is 0 Å². The van der Waals surface area contributed by atoms with Crippen LogP contribution in [0.15, 0.2) is 30.3 Å². The Labute approximate surface area is 136 Å². The van der Waals surface area contributed by atoms with Crippen molar-refractivity contribution in [3.05, 3.63) is 35.9 Å². The van der Waals surface area contributed by atoms with Crippen LogP contribution >= 0.6 is 0 Å². The van der Waals surface area contributed by atoms with Crippen molar-refractivity contribution < 1.29 is 9.47 Å². The molecule has 2 nitrogen and oxygen atoms in total. The van der Waals surface area contributed by atoms with Crippen LogP contribution in [-0.4, -0.2) is 19.3 Å². The first-order valence-electron chi connectivity index (χ1n) is 8.43. The van der Waals surface area contributed by atoms with Gasteiger partial charge in [-0.3, -0.25) is 0 Å². The molecule has 0 aliphatic heterocycles. The molecule has 124 valence electrons. The highest BCUT2D eigenvalue weighted by molar-refractivity contribution is 5.50. The molecule has 0 fully saturated rings. The van der Waals surface area contributed by atoms with Crippen LogP contribution < -0.4 is 4.74 Å². The molecule has 0 saturated heterocycles. The average molecular weight is 304 g/mol. The Hall–Kier alpha value is -1.28. The summed E-state index contributed by atoms with van der Waals surface area (Å²) in [7, 11) is 1.68. The molecule has 0 aromatic heterocycles. The van der Waals surface area contributed by atoms with Gasteiger partial charge in [-0.15, -0.1) is 0 Å². The summed E-state index contributed by atoms with van der Waals surface area (Å²) in [5.41, 5.74) is 1.17. The van der Waals surface area contributed by atoms with E-state index in [1.165, 1.54) is 18.4 Å².